The number of phenolic OH excluding ortho intramolecular Hbond substituents is 2. The number of nitrogens with zero attached hydrogens (tertiary/aromatic N) is 1. The minimum absolute atomic E-state index is 0.0532. The molecule has 0 aliphatic rings. The number of aromatic nitrogens is 1. The molecule has 1 aromatic heterocycles. The second-order valence-electron chi connectivity index (χ2n) is 10.2. The maximum atomic E-state index is 13.2. The first kappa shape index (κ1) is 33.9. The molecule has 0 saturated carbocycles. The number of carbonyl (C=O) groups is 2. The van der Waals surface area contributed by atoms with Crippen LogP contribution >= 0.6 is 23.1 Å². The van der Waals surface area contributed by atoms with E-state index in [0.29, 0.717) is 28.1 Å². The predicted octanol–water partition coefficient (Wildman–Crippen LogP) is 7.29. The van der Waals surface area contributed by atoms with Crippen molar-refractivity contribution in [3.63, 3.8) is 0 Å². The number of anilines is 1. The quantitative estimate of drug-likeness (QED) is 0.0681. The number of thiazole rings is 1. The molecule has 2 rings (SSSR count). The third kappa shape index (κ3) is 12.9. The van der Waals surface area contributed by atoms with Crippen LogP contribution in [0.3, 0.4) is 0 Å². The van der Waals surface area contributed by atoms with E-state index in [1.54, 1.807) is 12.5 Å². The fourth-order valence-corrected chi connectivity index (χ4v) is 6.23. The van der Waals surface area contributed by atoms with Crippen molar-refractivity contribution in [2.24, 2.45) is 5.92 Å². The maximum Gasteiger partial charge on any atom is 0.227 e. The number of amides is 2. The highest BCUT2D eigenvalue weighted by atomic mass is 32.2. The van der Waals surface area contributed by atoms with Crippen molar-refractivity contribution < 1.29 is 24.5 Å². The Morgan fingerprint density at radius 2 is 1.62 bits per heavy atom. The van der Waals surface area contributed by atoms with Gasteiger partial charge in [-0.15, -0.1) is 11.3 Å². The molecule has 4 N–H and O–H groups in total. The van der Waals surface area contributed by atoms with Gasteiger partial charge in [0.1, 0.15) is 11.5 Å². The minimum Gasteiger partial charge on any atom is -0.507 e. The van der Waals surface area contributed by atoms with Crippen LogP contribution in [-0.2, 0) is 20.7 Å². The third-order valence-corrected chi connectivity index (χ3v) is 8.75. The normalized spacial score (nSPS) is 11.9. The Morgan fingerprint density at radius 1 is 0.975 bits per heavy atom. The van der Waals surface area contributed by atoms with E-state index in [1.165, 1.54) is 67.3 Å². The summed E-state index contributed by atoms with van der Waals surface area (Å²) in [4.78, 5) is 30.1. The van der Waals surface area contributed by atoms with Gasteiger partial charge in [-0.2, -0.15) is 0 Å². The molecule has 0 aliphatic heterocycles. The van der Waals surface area contributed by atoms with Crippen LogP contribution in [0.1, 0.15) is 96.6 Å². The Hall–Kier alpha value is -2.30. The molecular weight excluding hydrogens is 546 g/mol. The smallest absolute Gasteiger partial charge is 0.227 e. The van der Waals surface area contributed by atoms with Crippen LogP contribution in [0.4, 0.5) is 5.69 Å². The molecule has 8 nitrogen and oxygen atoms in total. The summed E-state index contributed by atoms with van der Waals surface area (Å²) in [6.07, 6.45) is 13.3. The van der Waals surface area contributed by atoms with Crippen LogP contribution in [0.5, 0.6) is 11.5 Å². The van der Waals surface area contributed by atoms with Gasteiger partial charge >= 0.3 is 0 Å². The molecule has 1 aromatic carbocycles. The largest absolute Gasteiger partial charge is 0.507 e. The van der Waals surface area contributed by atoms with Crippen LogP contribution in [0.2, 0.25) is 0 Å². The molecule has 1 unspecified atom stereocenters. The number of nitrogens with one attached hydrogen (secondary N) is 2. The molecule has 0 saturated heterocycles. The third-order valence-electron chi connectivity index (χ3n) is 6.72. The van der Waals surface area contributed by atoms with Crippen LogP contribution < -0.4 is 10.6 Å². The second-order valence-corrected chi connectivity index (χ2v) is 12.3. The topological polar surface area (TPSA) is 121 Å². The van der Waals surface area contributed by atoms with Gasteiger partial charge in [-0.3, -0.25) is 9.59 Å². The van der Waals surface area contributed by atoms with Crippen molar-refractivity contribution in [3.05, 3.63) is 23.2 Å². The molecular formula is C30H47N3O5S2. The Labute approximate surface area is 247 Å². The summed E-state index contributed by atoms with van der Waals surface area (Å²) >= 11 is 2.56. The maximum absolute atomic E-state index is 13.2. The van der Waals surface area contributed by atoms with Crippen LogP contribution in [-0.4, -0.2) is 47.3 Å². The first-order valence-electron chi connectivity index (χ1n) is 14.6. The number of phenols is 2. The van der Waals surface area contributed by atoms with E-state index in [9.17, 15) is 19.8 Å². The lowest BCUT2D eigenvalue weighted by Gasteiger charge is -2.18. The summed E-state index contributed by atoms with van der Waals surface area (Å²) in [5, 5.41) is 28.8. The highest BCUT2D eigenvalue weighted by molar-refractivity contribution is 8.01. The molecule has 0 spiro atoms. The molecule has 224 valence electrons. The van der Waals surface area contributed by atoms with Gasteiger partial charge < -0.3 is 25.6 Å². The molecule has 0 aliphatic carbocycles. The standard InChI is InChI=1S/C30H47N3O5S2/c1-4-6-8-10-11-13-15-22(14-12-9-7-5-2)29(37)33-24-19-26(35)27(20-25(24)34)40-30-32-23(21-39-30)18-28(36)31-16-17-38-3/h19-22,34-35H,4-18H2,1-3H3,(H,31,36)(H,33,37). The van der Waals surface area contributed by atoms with Crippen molar-refractivity contribution >= 4 is 40.6 Å². The number of benzene rings is 1. The lowest BCUT2D eigenvalue weighted by atomic mass is 9.93. The number of unbranched alkanes of at least 4 members (excludes halogenated alkanes) is 8. The number of hydrogen-bond acceptors (Lipinski definition) is 8. The Kier molecular flexibility index (Phi) is 16.7. The number of rotatable bonds is 21. The van der Waals surface area contributed by atoms with Gasteiger partial charge in [-0.1, -0.05) is 89.8 Å². The van der Waals surface area contributed by atoms with E-state index in [4.69, 9.17) is 4.74 Å². The Morgan fingerprint density at radius 3 is 2.30 bits per heavy atom. The molecule has 40 heavy (non-hydrogen) atoms. The first-order valence-corrected chi connectivity index (χ1v) is 16.3. The highest BCUT2D eigenvalue weighted by Crippen LogP contribution is 2.41. The van der Waals surface area contributed by atoms with Crippen LogP contribution in [0.25, 0.3) is 0 Å². The Balaban J connectivity index is 1.97. The lowest BCUT2D eigenvalue weighted by molar-refractivity contribution is -0.121. The van der Waals surface area contributed by atoms with Gasteiger partial charge in [-0.05, 0) is 18.9 Å². The molecule has 10 heteroatoms. The fraction of sp³-hybridized carbons (Fsp3) is 0.633. The zero-order chi connectivity index (χ0) is 29.2. The second kappa shape index (κ2) is 19.7. The first-order chi connectivity index (χ1) is 19.4. The van der Waals surface area contributed by atoms with Crippen LogP contribution in [0.15, 0.2) is 26.7 Å². The molecule has 2 amide bonds. The average molecular weight is 594 g/mol. The van der Waals surface area contributed by atoms with E-state index in [1.807, 2.05) is 0 Å². The van der Waals surface area contributed by atoms with Crippen molar-refractivity contribution in [1.29, 1.82) is 0 Å². The molecule has 0 fully saturated rings. The summed E-state index contributed by atoms with van der Waals surface area (Å²) in [6.45, 7) is 5.27. The van der Waals surface area contributed by atoms with Gasteiger partial charge in [0.2, 0.25) is 11.8 Å². The minimum atomic E-state index is -0.139. The molecule has 2 aromatic rings. The fourth-order valence-electron chi connectivity index (χ4n) is 4.40. The molecule has 0 radical (unpaired) electrons. The van der Waals surface area contributed by atoms with E-state index < -0.39 is 0 Å². The highest BCUT2D eigenvalue weighted by Gasteiger charge is 2.21. The van der Waals surface area contributed by atoms with Gasteiger partial charge in [0.05, 0.1) is 29.3 Å². The van der Waals surface area contributed by atoms with E-state index >= 15 is 0 Å². The summed E-state index contributed by atoms with van der Waals surface area (Å²) < 4.78 is 5.57. The van der Waals surface area contributed by atoms with Gasteiger partial charge in [0, 0.05) is 31.0 Å². The van der Waals surface area contributed by atoms with Crippen molar-refractivity contribution in [2.45, 2.75) is 107 Å². The predicted molar refractivity (Wildman–Crippen MR) is 163 cm³/mol. The number of aromatic hydroxyl groups is 2. The zero-order valence-electron chi connectivity index (χ0n) is 24.3. The molecule has 1 atom stereocenters. The van der Waals surface area contributed by atoms with E-state index in [0.717, 1.165) is 44.9 Å². The Bertz CT molecular complexity index is 1030. The number of hydrogen-bond donors (Lipinski definition) is 4. The molecule has 1 heterocycles. The van der Waals surface area contributed by atoms with Crippen molar-refractivity contribution in [2.75, 3.05) is 25.6 Å². The summed E-state index contributed by atoms with van der Waals surface area (Å²) in [6, 6.07) is 2.84. The van der Waals surface area contributed by atoms with Gasteiger partial charge in [0.15, 0.2) is 4.34 Å². The monoisotopic (exact) mass is 593 g/mol. The zero-order valence-corrected chi connectivity index (χ0v) is 25.9. The number of carbonyl (C=O) groups excluding carboxylic acids is 2. The van der Waals surface area contributed by atoms with Crippen LogP contribution in [0, 0.1) is 5.92 Å². The van der Waals surface area contributed by atoms with Crippen molar-refractivity contribution in [3.8, 4) is 11.5 Å². The number of methoxy groups -OCH3 is 1. The summed E-state index contributed by atoms with van der Waals surface area (Å²) in [5.74, 6) is -0.512. The SMILES string of the molecule is CCCCCCCCC(CCCCCC)C(=O)Nc1cc(O)c(Sc2nc(CC(=O)NCCOC)cs2)cc1O. The van der Waals surface area contributed by atoms with Gasteiger partial charge in [-0.25, -0.2) is 4.98 Å². The number of ether oxygens (including phenoxy) is 1. The van der Waals surface area contributed by atoms with Gasteiger partial charge in [0.25, 0.3) is 0 Å². The van der Waals surface area contributed by atoms with Crippen molar-refractivity contribution in [1.82, 2.24) is 10.3 Å². The summed E-state index contributed by atoms with van der Waals surface area (Å²) in [7, 11) is 1.58. The van der Waals surface area contributed by atoms with E-state index in [-0.39, 0.29) is 41.3 Å². The molecule has 0 bridgehead atoms. The lowest BCUT2D eigenvalue weighted by Crippen LogP contribution is -2.28. The van der Waals surface area contributed by atoms with E-state index in [2.05, 4.69) is 29.5 Å². The summed E-state index contributed by atoms with van der Waals surface area (Å²) in [5.41, 5.74) is 0.839. The average Bonchev–Trinajstić information content (AvgIpc) is 3.36.